The van der Waals surface area contributed by atoms with Gasteiger partial charge in [-0.2, -0.15) is 0 Å². The van der Waals surface area contributed by atoms with Crippen LogP contribution in [0.5, 0.6) is 0 Å². The zero-order chi connectivity index (χ0) is 14.8. The van der Waals surface area contributed by atoms with Gasteiger partial charge in [-0.3, -0.25) is 4.79 Å². The highest BCUT2D eigenvalue weighted by Gasteiger charge is 2.16. The molecule has 0 saturated heterocycles. The Kier molecular flexibility index (Phi) is 4.08. The molecule has 2 rings (SSSR count). The van der Waals surface area contributed by atoms with Crippen LogP contribution in [0.25, 0.3) is 11.1 Å². The standard InChI is InChI=1S/C19H22O/c1-5-18(20)17-12-7-6-11-16(17)14-9-8-10-15(13-14)19(2,3)4/h6-13H,5H2,1-4H3. The molecular formula is C19H22O. The normalized spacial score (nSPS) is 11.4. The highest BCUT2D eigenvalue weighted by Crippen LogP contribution is 2.29. The Hall–Kier alpha value is -1.89. The lowest BCUT2D eigenvalue weighted by Crippen LogP contribution is -2.11. The molecule has 1 nitrogen and oxygen atoms in total. The number of carbonyl (C=O) groups excluding carboxylic acids is 1. The Morgan fingerprint density at radius 1 is 1.00 bits per heavy atom. The fraction of sp³-hybridized carbons (Fsp3) is 0.316. The molecule has 2 aromatic rings. The number of rotatable bonds is 3. The fourth-order valence-corrected chi connectivity index (χ4v) is 2.32. The lowest BCUT2D eigenvalue weighted by Gasteiger charge is -2.20. The molecule has 0 atom stereocenters. The zero-order valence-electron chi connectivity index (χ0n) is 12.7. The molecule has 0 unspecified atom stereocenters. The van der Waals surface area contributed by atoms with E-state index in [9.17, 15) is 4.79 Å². The van der Waals surface area contributed by atoms with E-state index in [0.29, 0.717) is 6.42 Å². The van der Waals surface area contributed by atoms with Gasteiger partial charge in [-0.25, -0.2) is 0 Å². The molecular weight excluding hydrogens is 244 g/mol. The maximum absolute atomic E-state index is 12.1. The van der Waals surface area contributed by atoms with E-state index in [4.69, 9.17) is 0 Å². The summed E-state index contributed by atoms with van der Waals surface area (Å²) >= 11 is 0. The van der Waals surface area contributed by atoms with Gasteiger partial charge < -0.3 is 0 Å². The predicted octanol–water partition coefficient (Wildman–Crippen LogP) is 5.24. The summed E-state index contributed by atoms with van der Waals surface area (Å²) in [6.07, 6.45) is 0.538. The third kappa shape index (κ3) is 2.98. The summed E-state index contributed by atoms with van der Waals surface area (Å²) in [5.74, 6) is 0.196. The van der Waals surface area contributed by atoms with Crippen LogP contribution in [0.4, 0.5) is 0 Å². The van der Waals surface area contributed by atoms with E-state index in [1.54, 1.807) is 0 Å². The van der Waals surface area contributed by atoms with Gasteiger partial charge in [0.1, 0.15) is 0 Å². The van der Waals surface area contributed by atoms with Crippen molar-refractivity contribution in [2.45, 2.75) is 39.5 Å². The van der Waals surface area contributed by atoms with Crippen LogP contribution >= 0.6 is 0 Å². The number of ketones is 1. The Morgan fingerprint density at radius 2 is 1.70 bits per heavy atom. The van der Waals surface area contributed by atoms with Crippen LogP contribution in [-0.2, 0) is 5.41 Å². The van der Waals surface area contributed by atoms with Crippen molar-refractivity contribution in [2.75, 3.05) is 0 Å². The van der Waals surface area contributed by atoms with Crippen LogP contribution in [0.3, 0.4) is 0 Å². The average Bonchev–Trinajstić information content (AvgIpc) is 2.45. The third-order valence-corrected chi connectivity index (χ3v) is 3.59. The van der Waals surface area contributed by atoms with Gasteiger partial charge in [0.15, 0.2) is 5.78 Å². The summed E-state index contributed by atoms with van der Waals surface area (Å²) in [6.45, 7) is 8.52. The summed E-state index contributed by atoms with van der Waals surface area (Å²) in [6, 6.07) is 16.4. The van der Waals surface area contributed by atoms with Gasteiger partial charge in [-0.1, -0.05) is 76.2 Å². The molecule has 104 valence electrons. The second-order valence-corrected chi connectivity index (χ2v) is 6.15. The summed E-state index contributed by atoms with van der Waals surface area (Å²) < 4.78 is 0. The van der Waals surface area contributed by atoms with E-state index in [2.05, 4.69) is 45.0 Å². The highest BCUT2D eigenvalue weighted by molar-refractivity contribution is 6.02. The quantitative estimate of drug-likeness (QED) is 0.694. The Morgan fingerprint density at radius 3 is 2.35 bits per heavy atom. The van der Waals surface area contributed by atoms with E-state index in [1.807, 2.05) is 31.2 Å². The van der Waals surface area contributed by atoms with E-state index in [1.165, 1.54) is 5.56 Å². The minimum Gasteiger partial charge on any atom is -0.294 e. The highest BCUT2D eigenvalue weighted by atomic mass is 16.1. The lowest BCUT2D eigenvalue weighted by molar-refractivity contribution is 0.0989. The minimum absolute atomic E-state index is 0.111. The van der Waals surface area contributed by atoms with E-state index >= 15 is 0 Å². The van der Waals surface area contributed by atoms with Gasteiger partial charge in [0.05, 0.1) is 0 Å². The van der Waals surface area contributed by atoms with Crippen LogP contribution in [0.15, 0.2) is 48.5 Å². The van der Waals surface area contributed by atoms with Crippen molar-refractivity contribution in [3.8, 4) is 11.1 Å². The van der Waals surface area contributed by atoms with Gasteiger partial charge in [0.2, 0.25) is 0 Å². The number of carbonyl (C=O) groups is 1. The second kappa shape index (κ2) is 5.62. The van der Waals surface area contributed by atoms with Gasteiger partial charge in [0.25, 0.3) is 0 Å². The third-order valence-electron chi connectivity index (χ3n) is 3.59. The maximum atomic E-state index is 12.1. The average molecular weight is 266 g/mol. The summed E-state index contributed by atoms with van der Waals surface area (Å²) in [5.41, 5.74) is 4.37. The molecule has 0 N–H and O–H groups in total. The van der Waals surface area contributed by atoms with E-state index < -0.39 is 0 Å². The van der Waals surface area contributed by atoms with Crippen molar-refractivity contribution in [3.05, 3.63) is 59.7 Å². The number of Topliss-reactive ketones (excluding diaryl/α,β-unsaturated/α-hetero) is 1. The van der Waals surface area contributed by atoms with Crippen molar-refractivity contribution < 1.29 is 4.79 Å². The smallest absolute Gasteiger partial charge is 0.163 e. The maximum Gasteiger partial charge on any atom is 0.163 e. The fourth-order valence-electron chi connectivity index (χ4n) is 2.32. The molecule has 0 aliphatic carbocycles. The Labute approximate surface area is 121 Å². The first kappa shape index (κ1) is 14.5. The molecule has 20 heavy (non-hydrogen) atoms. The molecule has 1 heteroatoms. The van der Waals surface area contributed by atoms with Crippen molar-refractivity contribution in [1.29, 1.82) is 0 Å². The first-order valence-electron chi connectivity index (χ1n) is 7.16. The molecule has 2 aromatic carbocycles. The monoisotopic (exact) mass is 266 g/mol. The molecule has 0 amide bonds. The molecule has 0 aliphatic rings. The Bertz CT molecular complexity index is 618. The van der Waals surface area contributed by atoms with Crippen LogP contribution in [-0.4, -0.2) is 5.78 Å². The first-order chi connectivity index (χ1) is 9.43. The zero-order valence-corrected chi connectivity index (χ0v) is 12.7. The molecule has 0 aromatic heterocycles. The SMILES string of the molecule is CCC(=O)c1ccccc1-c1cccc(C(C)(C)C)c1. The topological polar surface area (TPSA) is 17.1 Å². The first-order valence-corrected chi connectivity index (χ1v) is 7.16. The van der Waals surface area contributed by atoms with Crippen molar-refractivity contribution >= 4 is 5.78 Å². The van der Waals surface area contributed by atoms with Crippen molar-refractivity contribution in [3.63, 3.8) is 0 Å². The van der Waals surface area contributed by atoms with E-state index in [-0.39, 0.29) is 11.2 Å². The van der Waals surface area contributed by atoms with Gasteiger partial charge >= 0.3 is 0 Å². The molecule has 0 spiro atoms. The molecule has 0 saturated carbocycles. The van der Waals surface area contributed by atoms with Crippen LogP contribution in [0.1, 0.15) is 50.0 Å². The second-order valence-electron chi connectivity index (χ2n) is 6.15. The lowest BCUT2D eigenvalue weighted by atomic mass is 9.85. The number of hydrogen-bond acceptors (Lipinski definition) is 1. The largest absolute Gasteiger partial charge is 0.294 e. The number of hydrogen-bond donors (Lipinski definition) is 0. The van der Waals surface area contributed by atoms with Crippen LogP contribution < -0.4 is 0 Å². The molecule has 0 bridgehead atoms. The summed E-state index contributed by atoms with van der Waals surface area (Å²) in [7, 11) is 0. The Balaban J connectivity index is 2.55. The summed E-state index contributed by atoms with van der Waals surface area (Å²) in [4.78, 5) is 12.1. The van der Waals surface area contributed by atoms with Gasteiger partial charge in [-0.05, 0) is 22.1 Å². The summed E-state index contributed by atoms with van der Waals surface area (Å²) in [5, 5.41) is 0. The molecule has 0 aliphatic heterocycles. The van der Waals surface area contributed by atoms with Crippen molar-refractivity contribution in [1.82, 2.24) is 0 Å². The van der Waals surface area contributed by atoms with Gasteiger partial charge in [-0.15, -0.1) is 0 Å². The van der Waals surface area contributed by atoms with Crippen LogP contribution in [0.2, 0.25) is 0 Å². The molecule has 0 heterocycles. The molecule has 0 radical (unpaired) electrons. The van der Waals surface area contributed by atoms with E-state index in [0.717, 1.165) is 16.7 Å². The van der Waals surface area contributed by atoms with Crippen molar-refractivity contribution in [2.24, 2.45) is 0 Å². The van der Waals surface area contributed by atoms with Crippen LogP contribution in [0, 0.1) is 0 Å². The predicted molar refractivity (Wildman–Crippen MR) is 85.2 cm³/mol. The molecule has 0 fully saturated rings. The van der Waals surface area contributed by atoms with Gasteiger partial charge in [0, 0.05) is 12.0 Å². The number of benzene rings is 2. The minimum atomic E-state index is 0.111.